The molecule has 1 aromatic heterocycles. The predicted molar refractivity (Wildman–Crippen MR) is 117 cm³/mol. The van der Waals surface area contributed by atoms with Crippen LogP contribution in [0.4, 0.5) is 5.69 Å². The summed E-state index contributed by atoms with van der Waals surface area (Å²) in [5.74, 6) is 1.57. The van der Waals surface area contributed by atoms with E-state index in [1.54, 1.807) is 19.5 Å². The Kier molecular flexibility index (Phi) is 5.52. The van der Waals surface area contributed by atoms with Gasteiger partial charge in [-0.2, -0.15) is 0 Å². The molecule has 5 rings (SSSR count). The standard InChI is InChI=1S/C24H30N4O3/c1-30-22-5-3-2-4-21(22)18-7-10-27(11-8-18)19-6-9-24(12-19)15-28(23(24)31-17-29)20-13-25-16-26-14-20/h2-5,13-14,16-19,23H,6-12,15H2,1H3/t19-,23?,24?/m1/s1. The molecule has 1 aliphatic carbocycles. The quantitative estimate of drug-likeness (QED) is 0.662. The minimum absolute atomic E-state index is 0.0426. The van der Waals surface area contributed by atoms with Crippen molar-refractivity contribution in [3.8, 4) is 5.75 Å². The number of carbonyl (C=O) groups excluding carboxylic acids is 1. The van der Waals surface area contributed by atoms with Gasteiger partial charge in [-0.3, -0.25) is 4.79 Å². The second-order valence-electron chi connectivity index (χ2n) is 9.12. The predicted octanol–water partition coefficient (Wildman–Crippen LogP) is 3.22. The molecule has 0 amide bonds. The van der Waals surface area contributed by atoms with Crippen molar-refractivity contribution < 1.29 is 14.3 Å². The SMILES string of the molecule is COc1ccccc1C1CCN([C@@H]2CCC3(C2)CN(c2cncnc2)C3OC=O)CC1. The fourth-order valence-corrected chi connectivity index (χ4v) is 6.04. The summed E-state index contributed by atoms with van der Waals surface area (Å²) >= 11 is 0. The number of aromatic nitrogens is 2. The molecule has 3 fully saturated rings. The lowest BCUT2D eigenvalue weighted by molar-refractivity contribution is -0.149. The lowest BCUT2D eigenvalue weighted by atomic mass is 9.75. The number of methoxy groups -OCH3 is 1. The zero-order chi connectivity index (χ0) is 21.3. The zero-order valence-corrected chi connectivity index (χ0v) is 18.0. The van der Waals surface area contributed by atoms with Crippen LogP contribution in [0.15, 0.2) is 43.0 Å². The van der Waals surface area contributed by atoms with Crippen LogP contribution in [-0.4, -0.2) is 60.4 Å². The summed E-state index contributed by atoms with van der Waals surface area (Å²) in [5, 5.41) is 0. The van der Waals surface area contributed by atoms with E-state index < -0.39 is 0 Å². The highest BCUT2D eigenvalue weighted by Crippen LogP contribution is 2.53. The number of anilines is 1. The molecule has 31 heavy (non-hydrogen) atoms. The lowest BCUT2D eigenvalue weighted by Gasteiger charge is -2.55. The molecular weight excluding hydrogens is 392 g/mol. The van der Waals surface area contributed by atoms with Gasteiger partial charge in [0.1, 0.15) is 12.1 Å². The Hall–Kier alpha value is -2.67. The Labute approximate surface area is 183 Å². The maximum Gasteiger partial charge on any atom is 0.295 e. The first kappa shape index (κ1) is 20.2. The van der Waals surface area contributed by atoms with Crippen molar-refractivity contribution in [2.75, 3.05) is 31.6 Å². The summed E-state index contributed by atoms with van der Waals surface area (Å²) in [5.41, 5.74) is 2.30. The van der Waals surface area contributed by atoms with Crippen molar-refractivity contribution in [3.63, 3.8) is 0 Å². The molecule has 1 aromatic carbocycles. The number of para-hydroxylation sites is 1. The number of rotatable bonds is 6. The summed E-state index contributed by atoms with van der Waals surface area (Å²) in [6, 6.07) is 8.98. The average Bonchev–Trinajstić information content (AvgIpc) is 3.29. The van der Waals surface area contributed by atoms with Crippen molar-refractivity contribution >= 4 is 12.2 Å². The first-order valence-electron chi connectivity index (χ1n) is 11.2. The van der Waals surface area contributed by atoms with E-state index in [2.05, 4.69) is 38.0 Å². The van der Waals surface area contributed by atoms with Crippen molar-refractivity contribution in [2.45, 2.75) is 50.3 Å². The normalized spacial score (nSPS) is 29.0. The van der Waals surface area contributed by atoms with Crippen LogP contribution >= 0.6 is 0 Å². The molecule has 3 heterocycles. The molecule has 164 valence electrons. The van der Waals surface area contributed by atoms with Crippen LogP contribution in [0.3, 0.4) is 0 Å². The summed E-state index contributed by atoms with van der Waals surface area (Å²) in [6.07, 6.45) is 10.5. The fraction of sp³-hybridized carbons (Fsp3) is 0.542. The van der Waals surface area contributed by atoms with Gasteiger partial charge in [-0.15, -0.1) is 0 Å². The van der Waals surface area contributed by atoms with Gasteiger partial charge in [0, 0.05) is 18.0 Å². The van der Waals surface area contributed by atoms with E-state index in [9.17, 15) is 4.79 Å². The zero-order valence-electron chi connectivity index (χ0n) is 18.0. The van der Waals surface area contributed by atoms with Gasteiger partial charge in [-0.1, -0.05) is 18.2 Å². The van der Waals surface area contributed by atoms with Gasteiger partial charge >= 0.3 is 0 Å². The van der Waals surface area contributed by atoms with Crippen LogP contribution in [0.25, 0.3) is 0 Å². The highest BCUT2D eigenvalue weighted by atomic mass is 16.5. The Balaban J connectivity index is 1.22. The van der Waals surface area contributed by atoms with Crippen LogP contribution in [0.1, 0.15) is 43.6 Å². The monoisotopic (exact) mass is 422 g/mol. The number of likely N-dealkylation sites (tertiary alicyclic amines) is 1. The van der Waals surface area contributed by atoms with Gasteiger partial charge in [0.2, 0.25) is 0 Å². The summed E-state index contributed by atoms with van der Waals surface area (Å²) in [6.45, 7) is 3.71. The molecule has 3 atom stereocenters. The molecule has 0 N–H and O–H groups in total. The number of ether oxygens (including phenoxy) is 2. The molecule has 7 nitrogen and oxygen atoms in total. The second-order valence-corrected chi connectivity index (χ2v) is 9.12. The van der Waals surface area contributed by atoms with Gasteiger partial charge in [-0.05, 0) is 62.7 Å². The molecular formula is C24H30N4O3. The maximum absolute atomic E-state index is 11.2. The number of piperidine rings is 1. The topological polar surface area (TPSA) is 67.8 Å². The molecule has 7 heteroatoms. The largest absolute Gasteiger partial charge is 0.496 e. The molecule has 2 unspecified atom stereocenters. The first-order valence-corrected chi connectivity index (χ1v) is 11.2. The Morgan fingerprint density at radius 3 is 2.65 bits per heavy atom. The minimum atomic E-state index is -0.216. The van der Waals surface area contributed by atoms with Crippen LogP contribution in [0.2, 0.25) is 0 Å². The second kappa shape index (κ2) is 8.46. The third kappa shape index (κ3) is 3.65. The minimum Gasteiger partial charge on any atom is -0.496 e. The lowest BCUT2D eigenvalue weighted by Crippen LogP contribution is -2.65. The van der Waals surface area contributed by atoms with Crippen molar-refractivity contribution in [1.82, 2.24) is 14.9 Å². The summed E-state index contributed by atoms with van der Waals surface area (Å²) in [4.78, 5) is 24.2. The summed E-state index contributed by atoms with van der Waals surface area (Å²) < 4.78 is 11.2. The molecule has 2 aromatic rings. The Morgan fingerprint density at radius 1 is 1.13 bits per heavy atom. The number of benzene rings is 1. The molecule has 1 spiro atoms. The van der Waals surface area contributed by atoms with Crippen molar-refractivity contribution in [1.29, 1.82) is 0 Å². The van der Waals surface area contributed by atoms with Crippen LogP contribution in [-0.2, 0) is 9.53 Å². The third-order valence-corrected chi connectivity index (χ3v) is 7.60. The molecule has 2 saturated heterocycles. The van der Waals surface area contributed by atoms with Crippen LogP contribution < -0.4 is 9.64 Å². The average molecular weight is 423 g/mol. The van der Waals surface area contributed by atoms with Crippen LogP contribution in [0.5, 0.6) is 5.75 Å². The van der Waals surface area contributed by atoms with E-state index in [4.69, 9.17) is 9.47 Å². The van der Waals surface area contributed by atoms with Gasteiger partial charge in [-0.25, -0.2) is 9.97 Å². The van der Waals surface area contributed by atoms with E-state index in [1.807, 2.05) is 6.07 Å². The van der Waals surface area contributed by atoms with Gasteiger partial charge in [0.25, 0.3) is 6.47 Å². The Bertz CT molecular complexity index is 903. The highest BCUT2D eigenvalue weighted by Gasteiger charge is 2.58. The van der Waals surface area contributed by atoms with E-state index in [0.717, 1.165) is 63.2 Å². The highest BCUT2D eigenvalue weighted by molar-refractivity contribution is 5.50. The smallest absolute Gasteiger partial charge is 0.295 e. The van der Waals surface area contributed by atoms with Gasteiger partial charge < -0.3 is 19.3 Å². The molecule has 0 bridgehead atoms. The Morgan fingerprint density at radius 2 is 1.90 bits per heavy atom. The fourth-order valence-electron chi connectivity index (χ4n) is 6.04. The number of nitrogens with zero attached hydrogens (tertiary/aromatic N) is 4. The third-order valence-electron chi connectivity index (χ3n) is 7.60. The molecule has 2 aliphatic heterocycles. The van der Waals surface area contributed by atoms with E-state index in [1.165, 1.54) is 11.9 Å². The van der Waals surface area contributed by atoms with E-state index >= 15 is 0 Å². The van der Waals surface area contributed by atoms with Gasteiger partial charge in [0.15, 0.2) is 6.23 Å². The van der Waals surface area contributed by atoms with Gasteiger partial charge in [0.05, 0.1) is 25.2 Å². The van der Waals surface area contributed by atoms with Crippen molar-refractivity contribution in [3.05, 3.63) is 48.5 Å². The number of hydrogen-bond donors (Lipinski definition) is 0. The summed E-state index contributed by atoms with van der Waals surface area (Å²) in [7, 11) is 1.76. The van der Waals surface area contributed by atoms with Crippen LogP contribution in [0, 0.1) is 5.41 Å². The number of hydrogen-bond acceptors (Lipinski definition) is 7. The molecule has 1 saturated carbocycles. The van der Waals surface area contributed by atoms with E-state index in [0.29, 0.717) is 18.4 Å². The first-order chi connectivity index (χ1) is 15.2. The molecule has 3 aliphatic rings. The molecule has 0 radical (unpaired) electrons. The van der Waals surface area contributed by atoms with E-state index in [-0.39, 0.29) is 11.6 Å². The van der Waals surface area contributed by atoms with Crippen molar-refractivity contribution in [2.24, 2.45) is 5.41 Å². The number of carbonyl (C=O) groups is 1. The maximum atomic E-state index is 11.2.